The molecule has 102 valence electrons. The smallest absolute Gasteiger partial charge is 0.371 e. The number of nitriles is 1. The Morgan fingerprint density at radius 2 is 1.89 bits per heavy atom. The van der Waals surface area contributed by atoms with E-state index in [-0.39, 0.29) is 5.56 Å². The maximum atomic E-state index is 12.9. The van der Waals surface area contributed by atoms with Crippen molar-refractivity contribution in [3.63, 3.8) is 0 Å². The average Bonchev–Trinajstić information content (AvgIpc) is 2.38. The lowest BCUT2D eigenvalue weighted by atomic mass is 10.0. The lowest BCUT2D eigenvalue weighted by Crippen LogP contribution is -2.64. The van der Waals surface area contributed by atoms with Crippen LogP contribution >= 0.6 is 0 Å². The number of rotatable bonds is 1. The van der Waals surface area contributed by atoms with Gasteiger partial charge in [-0.05, 0) is 18.2 Å². The van der Waals surface area contributed by atoms with Crippen molar-refractivity contribution in [2.75, 3.05) is 18.0 Å². The molecule has 1 aliphatic rings. The first-order valence-electron chi connectivity index (χ1n) is 6.11. The van der Waals surface area contributed by atoms with Crippen molar-refractivity contribution in [2.45, 2.75) is 25.1 Å². The highest BCUT2D eigenvalue weighted by Crippen LogP contribution is 2.34. The molecule has 0 aliphatic carbocycles. The van der Waals surface area contributed by atoms with Crippen molar-refractivity contribution in [1.29, 1.82) is 5.26 Å². The molecule has 1 aromatic rings. The van der Waals surface area contributed by atoms with Gasteiger partial charge in [-0.1, -0.05) is 0 Å². The monoisotopic (exact) mass is 270 g/mol. The van der Waals surface area contributed by atoms with Gasteiger partial charge >= 0.3 is 6.18 Å². The molecule has 0 atom stereocenters. The number of halogens is 3. The predicted molar refractivity (Wildman–Crippen MR) is 64.3 cm³/mol. The van der Waals surface area contributed by atoms with E-state index in [9.17, 15) is 13.2 Å². The summed E-state index contributed by atoms with van der Waals surface area (Å²) >= 11 is 0. The molecule has 3 N–H and O–H groups in total. The van der Waals surface area contributed by atoms with Crippen LogP contribution in [0.4, 0.5) is 18.9 Å². The number of piperidine rings is 1. The van der Waals surface area contributed by atoms with Gasteiger partial charge in [-0.2, -0.15) is 18.4 Å². The maximum Gasteiger partial charge on any atom is 0.417 e. The summed E-state index contributed by atoms with van der Waals surface area (Å²) in [4.78, 5) is 1.91. The molecule has 6 heteroatoms. The SMILES string of the molecule is N#Cc1ccc(N2CCC([NH3+])CC2)cc1C(F)(F)F. The van der Waals surface area contributed by atoms with Crippen LogP contribution in [0.1, 0.15) is 24.0 Å². The van der Waals surface area contributed by atoms with Gasteiger partial charge in [0.1, 0.15) is 0 Å². The number of hydrogen-bond acceptors (Lipinski definition) is 2. The van der Waals surface area contributed by atoms with Crippen molar-refractivity contribution in [2.24, 2.45) is 0 Å². The number of anilines is 1. The van der Waals surface area contributed by atoms with Gasteiger partial charge in [0, 0.05) is 31.6 Å². The van der Waals surface area contributed by atoms with E-state index in [1.54, 1.807) is 12.1 Å². The van der Waals surface area contributed by atoms with E-state index in [0.29, 0.717) is 24.8 Å². The van der Waals surface area contributed by atoms with Crippen molar-refractivity contribution in [3.8, 4) is 6.07 Å². The minimum atomic E-state index is -4.49. The number of hydrogen-bond donors (Lipinski definition) is 1. The van der Waals surface area contributed by atoms with Crippen LogP contribution in [0.15, 0.2) is 18.2 Å². The summed E-state index contributed by atoms with van der Waals surface area (Å²) in [5, 5.41) is 8.75. The molecule has 3 nitrogen and oxygen atoms in total. The van der Waals surface area contributed by atoms with Crippen molar-refractivity contribution in [1.82, 2.24) is 0 Å². The van der Waals surface area contributed by atoms with Crippen molar-refractivity contribution < 1.29 is 18.9 Å². The van der Waals surface area contributed by atoms with Crippen LogP contribution in [0.25, 0.3) is 0 Å². The Balaban J connectivity index is 2.31. The Morgan fingerprint density at radius 3 is 2.42 bits per heavy atom. The fourth-order valence-corrected chi connectivity index (χ4v) is 2.25. The molecule has 0 spiro atoms. The van der Waals surface area contributed by atoms with Crippen LogP contribution in [-0.4, -0.2) is 19.1 Å². The molecule has 1 aliphatic heterocycles. The number of alkyl halides is 3. The highest BCUT2D eigenvalue weighted by atomic mass is 19.4. The van der Waals surface area contributed by atoms with Gasteiger partial charge in [0.05, 0.1) is 23.2 Å². The van der Waals surface area contributed by atoms with Gasteiger partial charge in [-0.25, -0.2) is 0 Å². The lowest BCUT2D eigenvalue weighted by molar-refractivity contribution is -0.423. The summed E-state index contributed by atoms with van der Waals surface area (Å²) in [6.45, 7) is 1.41. The van der Waals surface area contributed by atoms with Gasteiger partial charge < -0.3 is 10.6 Å². The van der Waals surface area contributed by atoms with E-state index in [1.807, 2.05) is 4.90 Å². The molecular formula is C13H15F3N3+. The lowest BCUT2D eigenvalue weighted by Gasteiger charge is -2.31. The standard InChI is InChI=1S/C13H14F3N3/c14-13(15,16)12-7-11(2-1-9(12)8-17)19-5-3-10(18)4-6-19/h1-2,7,10H,3-6,18H2/p+1. The van der Waals surface area contributed by atoms with E-state index in [1.165, 1.54) is 6.07 Å². The summed E-state index contributed by atoms with van der Waals surface area (Å²) in [7, 11) is 0. The van der Waals surface area contributed by atoms with Crippen LogP contribution in [0.2, 0.25) is 0 Å². The van der Waals surface area contributed by atoms with Crippen LogP contribution in [0.5, 0.6) is 0 Å². The van der Waals surface area contributed by atoms with Gasteiger partial charge in [0.25, 0.3) is 0 Å². The molecule has 0 saturated carbocycles. The zero-order valence-electron chi connectivity index (χ0n) is 10.4. The quantitative estimate of drug-likeness (QED) is 0.845. The second kappa shape index (κ2) is 5.10. The van der Waals surface area contributed by atoms with E-state index in [4.69, 9.17) is 5.26 Å². The normalized spacial score (nSPS) is 17.3. The zero-order chi connectivity index (χ0) is 14.0. The molecule has 0 unspecified atom stereocenters. The fourth-order valence-electron chi connectivity index (χ4n) is 2.25. The van der Waals surface area contributed by atoms with E-state index in [0.717, 1.165) is 18.9 Å². The second-order valence-electron chi connectivity index (χ2n) is 4.77. The molecule has 1 saturated heterocycles. The average molecular weight is 270 g/mol. The number of benzene rings is 1. The maximum absolute atomic E-state index is 12.9. The van der Waals surface area contributed by atoms with Crippen molar-refractivity contribution >= 4 is 5.69 Å². The summed E-state index contributed by atoms with van der Waals surface area (Å²) in [5.41, 5.74) is 3.30. The van der Waals surface area contributed by atoms with Crippen LogP contribution in [-0.2, 0) is 6.18 Å². The summed E-state index contributed by atoms with van der Waals surface area (Å²) in [6, 6.07) is 5.86. The van der Waals surface area contributed by atoms with Gasteiger partial charge in [0.2, 0.25) is 0 Å². The molecule has 0 bridgehead atoms. The molecule has 0 amide bonds. The third-order valence-electron chi connectivity index (χ3n) is 3.41. The van der Waals surface area contributed by atoms with Crippen LogP contribution in [0, 0.1) is 11.3 Å². The summed E-state index contributed by atoms with van der Waals surface area (Å²) in [5.74, 6) is 0. The first-order valence-corrected chi connectivity index (χ1v) is 6.11. The third-order valence-corrected chi connectivity index (χ3v) is 3.41. The Labute approximate surface area is 109 Å². The Bertz CT molecular complexity index is 497. The summed E-state index contributed by atoms with van der Waals surface area (Å²) in [6.07, 6.45) is -2.74. The molecule has 0 radical (unpaired) electrons. The number of quaternary nitrogens is 1. The van der Waals surface area contributed by atoms with E-state index < -0.39 is 11.7 Å². The molecular weight excluding hydrogens is 255 g/mol. The second-order valence-corrected chi connectivity index (χ2v) is 4.77. The Kier molecular flexibility index (Phi) is 3.67. The van der Waals surface area contributed by atoms with Gasteiger partial charge in [-0.3, -0.25) is 0 Å². The molecule has 1 heterocycles. The molecule has 0 aromatic heterocycles. The fraction of sp³-hybridized carbons (Fsp3) is 0.462. The van der Waals surface area contributed by atoms with E-state index in [2.05, 4.69) is 5.73 Å². The Hall–Kier alpha value is -1.74. The molecule has 2 rings (SSSR count). The molecule has 19 heavy (non-hydrogen) atoms. The first kappa shape index (κ1) is 13.7. The predicted octanol–water partition coefficient (Wildman–Crippen LogP) is 1.79. The van der Waals surface area contributed by atoms with Gasteiger partial charge in [0.15, 0.2) is 0 Å². The van der Waals surface area contributed by atoms with Crippen molar-refractivity contribution in [3.05, 3.63) is 29.3 Å². The molecule has 1 aromatic carbocycles. The first-order chi connectivity index (χ1) is 8.91. The summed E-state index contributed by atoms with van der Waals surface area (Å²) < 4.78 is 38.6. The zero-order valence-corrected chi connectivity index (χ0v) is 10.4. The minimum Gasteiger partial charge on any atom is -0.371 e. The Morgan fingerprint density at radius 1 is 1.26 bits per heavy atom. The van der Waals surface area contributed by atoms with Crippen LogP contribution < -0.4 is 10.6 Å². The largest absolute Gasteiger partial charge is 0.417 e. The van der Waals surface area contributed by atoms with Crippen LogP contribution in [0.3, 0.4) is 0 Å². The minimum absolute atomic E-state index is 0.330. The third kappa shape index (κ3) is 2.99. The van der Waals surface area contributed by atoms with E-state index >= 15 is 0 Å². The highest BCUT2D eigenvalue weighted by Gasteiger charge is 2.34. The molecule has 1 fully saturated rings. The van der Waals surface area contributed by atoms with Gasteiger partial charge in [-0.15, -0.1) is 0 Å². The highest BCUT2D eigenvalue weighted by molar-refractivity contribution is 5.55. The number of nitrogens with zero attached hydrogens (tertiary/aromatic N) is 2. The topological polar surface area (TPSA) is 54.7 Å².